The van der Waals surface area contributed by atoms with Gasteiger partial charge in [-0.1, -0.05) is 0 Å². The monoisotopic (exact) mass is 264 g/mol. The lowest BCUT2D eigenvalue weighted by Gasteiger charge is -2.27. The van der Waals surface area contributed by atoms with Gasteiger partial charge in [0.15, 0.2) is 5.92 Å². The summed E-state index contributed by atoms with van der Waals surface area (Å²) in [6.07, 6.45) is -6.30. The molecule has 0 heterocycles. The molecule has 0 aromatic heterocycles. The van der Waals surface area contributed by atoms with Crippen molar-refractivity contribution in [3.63, 3.8) is 0 Å². The van der Waals surface area contributed by atoms with Crippen LogP contribution in [0.3, 0.4) is 0 Å². The number of carbonyl (C=O) groups is 1. The second-order valence-electron chi connectivity index (χ2n) is 4.48. The van der Waals surface area contributed by atoms with Crippen LogP contribution in [-0.4, -0.2) is 81.0 Å². The first-order valence-electron chi connectivity index (χ1n) is 5.61. The quantitative estimate of drug-likeness (QED) is 0.324. The van der Waals surface area contributed by atoms with Gasteiger partial charge in [-0.3, -0.25) is 0 Å². The fraction of sp³-hybridized carbons (Fsp3) is 0.818. The third kappa shape index (κ3) is 4.79. The lowest BCUT2D eigenvalue weighted by atomic mass is 10.0. The van der Waals surface area contributed by atoms with Gasteiger partial charge in [-0.05, 0) is 0 Å². The Hall–Kier alpha value is -0.860. The van der Waals surface area contributed by atoms with Gasteiger partial charge in [0.1, 0.15) is 24.4 Å². The van der Waals surface area contributed by atoms with Gasteiger partial charge in [0, 0.05) is 7.05 Å². The summed E-state index contributed by atoms with van der Waals surface area (Å²) in [5, 5.41) is 46.3. The summed E-state index contributed by atoms with van der Waals surface area (Å²) in [6.45, 7) is 2.31. The molecule has 0 radical (unpaired) electrons. The predicted octanol–water partition coefficient (Wildman–Crippen LogP) is -2.51. The summed E-state index contributed by atoms with van der Waals surface area (Å²) < 4.78 is 0. The van der Waals surface area contributed by atoms with Crippen molar-refractivity contribution in [2.45, 2.75) is 38.3 Å². The zero-order valence-electron chi connectivity index (χ0n) is 10.8. The summed E-state index contributed by atoms with van der Waals surface area (Å²) >= 11 is 0. The highest BCUT2D eigenvalue weighted by molar-refractivity contribution is 5.88. The lowest BCUT2D eigenvalue weighted by molar-refractivity contribution is -0.136. The summed E-state index contributed by atoms with van der Waals surface area (Å²) in [7, 11) is 1.44. The number of hydrogen-bond donors (Lipinski definition) is 5. The molecule has 0 aromatic rings. The molecular weight excluding hydrogens is 242 g/mol. The second kappa shape index (κ2) is 7.55. The molecule has 0 aliphatic rings. The largest absolute Gasteiger partial charge is 0.406 e. The third-order valence-corrected chi connectivity index (χ3v) is 2.56. The van der Waals surface area contributed by atoms with Crippen LogP contribution in [-0.2, 0) is 4.79 Å². The normalized spacial score (nSPS) is 17.8. The maximum Gasteiger partial charge on any atom is 0.406 e. The molecular formula is C11H22NO6+. The van der Waals surface area contributed by atoms with Crippen LogP contribution in [0.4, 0.5) is 0 Å². The molecule has 0 bridgehead atoms. The highest BCUT2D eigenvalue weighted by Crippen LogP contribution is 2.08. The van der Waals surface area contributed by atoms with Crippen molar-refractivity contribution in [2.75, 3.05) is 20.2 Å². The zero-order valence-corrected chi connectivity index (χ0v) is 10.8. The lowest BCUT2D eigenvalue weighted by Crippen LogP contribution is -2.50. The van der Waals surface area contributed by atoms with Crippen LogP contribution >= 0.6 is 0 Å². The Bertz CT molecular complexity index is 260. The maximum atomic E-state index is 11.5. The van der Waals surface area contributed by atoms with Crippen molar-refractivity contribution in [3.05, 3.63) is 5.92 Å². The molecule has 0 rings (SSSR count). The highest BCUT2D eigenvalue weighted by Gasteiger charge is 2.33. The molecule has 106 valence electrons. The minimum absolute atomic E-state index is 0.194. The molecule has 0 spiro atoms. The molecule has 4 atom stereocenters. The number of aliphatic hydroxyl groups is 5. The van der Waals surface area contributed by atoms with E-state index in [0.717, 1.165) is 0 Å². The van der Waals surface area contributed by atoms with Crippen molar-refractivity contribution in [1.29, 1.82) is 0 Å². The number of aliphatic hydroxyl groups excluding tert-OH is 5. The van der Waals surface area contributed by atoms with Gasteiger partial charge in [0.25, 0.3) is 0 Å². The number of likely N-dealkylation sites (N-methyl/N-ethyl adjacent to an activating group) is 1. The summed E-state index contributed by atoms with van der Waals surface area (Å²) in [6, 6.07) is 0. The van der Waals surface area contributed by atoms with E-state index in [-0.39, 0.29) is 12.5 Å². The topological polar surface area (TPSA) is 121 Å². The van der Waals surface area contributed by atoms with Crippen LogP contribution < -0.4 is 0 Å². The molecule has 0 saturated heterocycles. The van der Waals surface area contributed by atoms with Crippen molar-refractivity contribution >= 4 is 5.91 Å². The SMILES string of the molecule is C[C+](C)C(=O)N(C)CC(O)C(O)C(O)C(O)CO. The molecule has 0 fully saturated rings. The molecule has 7 heteroatoms. The Morgan fingerprint density at radius 3 is 1.94 bits per heavy atom. The van der Waals surface area contributed by atoms with Crippen LogP contribution in [0.15, 0.2) is 0 Å². The number of nitrogens with zero attached hydrogens (tertiary/aromatic N) is 1. The van der Waals surface area contributed by atoms with E-state index in [1.54, 1.807) is 13.8 Å². The molecule has 0 aromatic carbocycles. The van der Waals surface area contributed by atoms with Gasteiger partial charge in [0.05, 0.1) is 27.0 Å². The Balaban J connectivity index is 4.39. The van der Waals surface area contributed by atoms with Gasteiger partial charge in [-0.15, -0.1) is 0 Å². The fourth-order valence-corrected chi connectivity index (χ4v) is 1.42. The zero-order chi connectivity index (χ0) is 14.5. The molecule has 4 unspecified atom stereocenters. The number of amides is 1. The van der Waals surface area contributed by atoms with Crippen LogP contribution in [0, 0.1) is 5.92 Å². The van der Waals surface area contributed by atoms with E-state index in [2.05, 4.69) is 0 Å². The van der Waals surface area contributed by atoms with Gasteiger partial charge < -0.3 is 30.4 Å². The van der Waals surface area contributed by atoms with E-state index < -0.39 is 31.0 Å². The molecule has 5 N–H and O–H groups in total. The van der Waals surface area contributed by atoms with Crippen molar-refractivity contribution in [2.24, 2.45) is 0 Å². The highest BCUT2D eigenvalue weighted by atomic mass is 16.4. The number of rotatable bonds is 7. The number of hydrogen-bond acceptors (Lipinski definition) is 6. The van der Waals surface area contributed by atoms with Gasteiger partial charge >= 0.3 is 5.91 Å². The van der Waals surface area contributed by atoms with Crippen LogP contribution in [0.5, 0.6) is 0 Å². The fourth-order valence-electron chi connectivity index (χ4n) is 1.42. The van der Waals surface area contributed by atoms with Crippen LogP contribution in [0.25, 0.3) is 0 Å². The summed E-state index contributed by atoms with van der Waals surface area (Å²) in [4.78, 5) is 12.7. The van der Waals surface area contributed by atoms with E-state index >= 15 is 0 Å². The standard InChI is InChI=1S/C11H22NO6/c1-6(2)11(18)12(3)4-7(14)9(16)10(17)8(15)5-13/h7-10,13-17H,4-5H2,1-3H3/q+1. The average molecular weight is 264 g/mol. The first kappa shape index (κ1) is 17.1. The Morgan fingerprint density at radius 2 is 1.56 bits per heavy atom. The van der Waals surface area contributed by atoms with E-state index in [4.69, 9.17) is 10.2 Å². The molecule has 7 nitrogen and oxygen atoms in total. The van der Waals surface area contributed by atoms with Crippen LogP contribution in [0.1, 0.15) is 13.8 Å². The molecule has 1 amide bonds. The maximum absolute atomic E-state index is 11.5. The van der Waals surface area contributed by atoms with E-state index in [9.17, 15) is 20.1 Å². The van der Waals surface area contributed by atoms with Crippen LogP contribution in [0.2, 0.25) is 0 Å². The Morgan fingerprint density at radius 1 is 1.11 bits per heavy atom. The first-order valence-corrected chi connectivity index (χ1v) is 5.61. The van der Waals surface area contributed by atoms with Gasteiger partial charge in [-0.25, -0.2) is 4.79 Å². The van der Waals surface area contributed by atoms with E-state index in [1.807, 2.05) is 0 Å². The van der Waals surface area contributed by atoms with Crippen molar-refractivity contribution in [3.8, 4) is 0 Å². The average Bonchev–Trinajstić information content (AvgIpc) is 2.34. The molecule has 0 aliphatic heterocycles. The third-order valence-electron chi connectivity index (χ3n) is 2.56. The van der Waals surface area contributed by atoms with E-state index in [0.29, 0.717) is 5.92 Å². The molecule has 0 saturated carbocycles. The predicted molar refractivity (Wildman–Crippen MR) is 63.3 cm³/mol. The minimum Gasteiger partial charge on any atom is -0.394 e. The minimum atomic E-state index is -1.68. The smallest absolute Gasteiger partial charge is 0.394 e. The molecule has 0 aliphatic carbocycles. The summed E-state index contributed by atoms with van der Waals surface area (Å²) in [5.74, 6) is 0.230. The summed E-state index contributed by atoms with van der Waals surface area (Å²) in [5.41, 5.74) is 0. The molecule has 18 heavy (non-hydrogen) atoms. The van der Waals surface area contributed by atoms with Gasteiger partial charge in [-0.2, -0.15) is 0 Å². The van der Waals surface area contributed by atoms with Gasteiger partial charge in [0.2, 0.25) is 0 Å². The van der Waals surface area contributed by atoms with Crippen molar-refractivity contribution in [1.82, 2.24) is 4.90 Å². The van der Waals surface area contributed by atoms with Crippen molar-refractivity contribution < 1.29 is 30.3 Å². The Kier molecular flexibility index (Phi) is 7.19. The second-order valence-corrected chi connectivity index (χ2v) is 4.48. The first-order chi connectivity index (χ1) is 8.22. The van der Waals surface area contributed by atoms with E-state index in [1.165, 1.54) is 11.9 Å². The Labute approximate surface area is 106 Å². The number of carbonyl (C=O) groups excluding carboxylic acids is 1.